The molecule has 1 heterocycles. The Morgan fingerprint density at radius 1 is 1.21 bits per heavy atom. The summed E-state index contributed by atoms with van der Waals surface area (Å²) in [7, 11) is 0. The van der Waals surface area contributed by atoms with E-state index in [0.29, 0.717) is 24.8 Å². The van der Waals surface area contributed by atoms with E-state index in [1.165, 1.54) is 0 Å². The normalized spacial score (nSPS) is 11.8. The first-order chi connectivity index (χ1) is 14.1. The fraction of sp³-hybridized carbons (Fsp3) is 0.478. The minimum Gasteiger partial charge on any atom is -0.489 e. The molecule has 0 spiro atoms. The van der Waals surface area contributed by atoms with Gasteiger partial charge < -0.3 is 15.4 Å². The fourth-order valence-electron chi connectivity index (χ4n) is 3.07. The molecule has 0 bridgehead atoms. The van der Waals surface area contributed by atoms with Crippen LogP contribution in [-0.4, -0.2) is 24.1 Å². The number of nitriles is 1. The zero-order valence-electron chi connectivity index (χ0n) is 17.6. The van der Waals surface area contributed by atoms with Crippen LogP contribution in [0.15, 0.2) is 30.6 Å². The van der Waals surface area contributed by atoms with Crippen molar-refractivity contribution in [3.05, 3.63) is 57.9 Å². The van der Waals surface area contributed by atoms with Crippen molar-refractivity contribution in [2.75, 3.05) is 13.1 Å². The Morgan fingerprint density at radius 3 is 2.76 bits per heavy atom. The summed E-state index contributed by atoms with van der Waals surface area (Å²) in [6.07, 6.45) is 6.37. The molecule has 1 aromatic carbocycles. The molecular weight excluding hydrogens is 384 g/mol. The lowest BCUT2D eigenvalue weighted by Gasteiger charge is -2.18. The molecule has 6 heteroatoms. The maximum absolute atomic E-state index is 9.05. The Labute approximate surface area is 179 Å². The highest BCUT2D eigenvalue weighted by atomic mass is 35.5. The number of ether oxygens (including phenoxy) is 1. The molecule has 0 aliphatic heterocycles. The summed E-state index contributed by atoms with van der Waals surface area (Å²) in [6.45, 7) is 9.51. The molecule has 5 nitrogen and oxygen atoms in total. The predicted octanol–water partition coefficient (Wildman–Crippen LogP) is 4.62. The molecule has 0 aliphatic carbocycles. The average Bonchev–Trinajstić information content (AvgIpc) is 2.74. The minimum absolute atomic E-state index is 0.360. The summed E-state index contributed by atoms with van der Waals surface area (Å²) in [5, 5.41) is 16.7. The van der Waals surface area contributed by atoms with Crippen LogP contribution in [0.1, 0.15) is 55.9 Å². The van der Waals surface area contributed by atoms with Gasteiger partial charge in [-0.1, -0.05) is 25.4 Å². The molecule has 2 aromatic rings. The van der Waals surface area contributed by atoms with Gasteiger partial charge in [0.25, 0.3) is 0 Å². The topological polar surface area (TPSA) is 70.0 Å². The molecule has 0 fully saturated rings. The lowest BCUT2D eigenvalue weighted by atomic mass is 10.1. The Balaban J connectivity index is 2.04. The number of halogens is 1. The lowest BCUT2D eigenvalue weighted by molar-refractivity contribution is 0.300. The highest BCUT2D eigenvalue weighted by Gasteiger charge is 2.11. The van der Waals surface area contributed by atoms with E-state index < -0.39 is 0 Å². The summed E-state index contributed by atoms with van der Waals surface area (Å²) < 4.78 is 6.11. The van der Waals surface area contributed by atoms with Crippen molar-refractivity contribution >= 4 is 11.6 Å². The van der Waals surface area contributed by atoms with Crippen molar-refractivity contribution in [2.24, 2.45) is 0 Å². The van der Waals surface area contributed by atoms with Crippen LogP contribution < -0.4 is 15.4 Å². The van der Waals surface area contributed by atoms with E-state index in [0.717, 1.165) is 59.8 Å². The third-order valence-electron chi connectivity index (χ3n) is 4.81. The quantitative estimate of drug-likeness (QED) is 0.496. The van der Waals surface area contributed by atoms with Gasteiger partial charge in [0, 0.05) is 41.1 Å². The largest absolute Gasteiger partial charge is 0.489 e. The zero-order chi connectivity index (χ0) is 21.1. The predicted molar refractivity (Wildman–Crippen MR) is 118 cm³/mol. The van der Waals surface area contributed by atoms with Crippen LogP contribution in [-0.2, 0) is 19.6 Å². The number of hydrogen-bond acceptors (Lipinski definition) is 5. The SMILES string of the molecule is CCNCCCC(C)NCc1cc(Cl)c(CC)cc1OCc1cncc(C#N)c1. The summed E-state index contributed by atoms with van der Waals surface area (Å²) in [6, 6.07) is 8.34. The Bertz CT molecular complexity index is 819. The van der Waals surface area contributed by atoms with Crippen LogP contribution in [0.5, 0.6) is 5.75 Å². The maximum atomic E-state index is 9.05. The third kappa shape index (κ3) is 7.66. The summed E-state index contributed by atoms with van der Waals surface area (Å²) >= 11 is 6.45. The number of rotatable bonds is 12. The van der Waals surface area contributed by atoms with Crippen molar-refractivity contribution in [3.63, 3.8) is 0 Å². The Morgan fingerprint density at radius 2 is 2.03 bits per heavy atom. The van der Waals surface area contributed by atoms with Gasteiger partial charge in [0.05, 0.1) is 5.56 Å². The molecule has 0 saturated carbocycles. The number of hydrogen-bond donors (Lipinski definition) is 2. The number of aryl methyl sites for hydroxylation is 1. The lowest BCUT2D eigenvalue weighted by Crippen LogP contribution is -2.27. The highest BCUT2D eigenvalue weighted by molar-refractivity contribution is 6.31. The zero-order valence-corrected chi connectivity index (χ0v) is 18.4. The first-order valence-corrected chi connectivity index (χ1v) is 10.7. The van der Waals surface area contributed by atoms with Crippen molar-refractivity contribution in [3.8, 4) is 11.8 Å². The number of nitrogens with zero attached hydrogens (tertiary/aromatic N) is 2. The van der Waals surface area contributed by atoms with Crippen LogP contribution in [0, 0.1) is 11.3 Å². The highest BCUT2D eigenvalue weighted by Crippen LogP contribution is 2.28. The summed E-state index contributed by atoms with van der Waals surface area (Å²) in [4.78, 5) is 4.10. The van der Waals surface area contributed by atoms with E-state index >= 15 is 0 Å². The van der Waals surface area contributed by atoms with E-state index in [1.807, 2.05) is 12.1 Å². The second-order valence-corrected chi connectivity index (χ2v) is 7.57. The number of nitrogens with one attached hydrogen (secondary N) is 2. The van der Waals surface area contributed by atoms with Crippen molar-refractivity contribution in [1.29, 1.82) is 5.26 Å². The summed E-state index contributed by atoms with van der Waals surface area (Å²) in [5.74, 6) is 0.820. The average molecular weight is 415 g/mol. The molecule has 0 radical (unpaired) electrons. The van der Waals surface area contributed by atoms with Crippen LogP contribution >= 0.6 is 11.6 Å². The van der Waals surface area contributed by atoms with E-state index in [4.69, 9.17) is 21.6 Å². The Hall–Kier alpha value is -2.13. The van der Waals surface area contributed by atoms with Gasteiger partial charge in [-0.25, -0.2) is 0 Å². The van der Waals surface area contributed by atoms with Crippen molar-refractivity contribution < 1.29 is 4.74 Å². The number of aromatic nitrogens is 1. The summed E-state index contributed by atoms with van der Waals surface area (Å²) in [5.41, 5.74) is 3.50. The molecule has 1 aromatic heterocycles. The van der Waals surface area contributed by atoms with Gasteiger partial charge in [-0.2, -0.15) is 5.26 Å². The van der Waals surface area contributed by atoms with Crippen molar-refractivity contribution in [1.82, 2.24) is 15.6 Å². The number of benzene rings is 1. The second-order valence-electron chi connectivity index (χ2n) is 7.16. The molecule has 0 aliphatic rings. The maximum Gasteiger partial charge on any atom is 0.124 e. The molecule has 0 amide bonds. The molecular formula is C23H31ClN4O. The van der Waals surface area contributed by atoms with Gasteiger partial charge in [0.1, 0.15) is 18.4 Å². The molecule has 0 saturated heterocycles. The van der Waals surface area contributed by atoms with Crippen LogP contribution in [0.2, 0.25) is 5.02 Å². The van der Waals surface area contributed by atoms with Crippen molar-refractivity contribution in [2.45, 2.75) is 59.2 Å². The first-order valence-electron chi connectivity index (χ1n) is 10.3. The van der Waals surface area contributed by atoms with Gasteiger partial charge in [-0.05, 0) is 63.0 Å². The van der Waals surface area contributed by atoms with E-state index in [-0.39, 0.29) is 0 Å². The fourth-order valence-corrected chi connectivity index (χ4v) is 3.39. The molecule has 2 rings (SSSR count). The first kappa shape index (κ1) is 23.2. The Kier molecular flexibility index (Phi) is 9.93. The monoisotopic (exact) mass is 414 g/mol. The molecule has 2 N–H and O–H groups in total. The van der Waals surface area contributed by atoms with Gasteiger partial charge in [0.2, 0.25) is 0 Å². The van der Waals surface area contributed by atoms with Gasteiger partial charge in [-0.15, -0.1) is 0 Å². The molecule has 156 valence electrons. The molecule has 29 heavy (non-hydrogen) atoms. The number of pyridine rings is 1. The minimum atomic E-state index is 0.360. The van der Waals surface area contributed by atoms with Crippen LogP contribution in [0.3, 0.4) is 0 Å². The van der Waals surface area contributed by atoms with Gasteiger partial charge in [-0.3, -0.25) is 4.98 Å². The standard InChI is InChI=1S/C23H31ClN4O/c1-4-20-11-23(29-16-19-9-18(12-25)13-27-14-19)21(10-22(20)24)15-28-17(3)7-6-8-26-5-2/h9-11,13-14,17,26,28H,4-8,15-16H2,1-3H3. The van der Waals surface area contributed by atoms with E-state index in [9.17, 15) is 0 Å². The van der Waals surface area contributed by atoms with Crippen LogP contribution in [0.4, 0.5) is 0 Å². The third-order valence-corrected chi connectivity index (χ3v) is 5.16. The van der Waals surface area contributed by atoms with E-state index in [1.54, 1.807) is 18.5 Å². The van der Waals surface area contributed by atoms with Gasteiger partial charge >= 0.3 is 0 Å². The van der Waals surface area contributed by atoms with E-state index in [2.05, 4.69) is 42.5 Å². The second kappa shape index (κ2) is 12.4. The molecule has 1 unspecified atom stereocenters. The smallest absolute Gasteiger partial charge is 0.124 e. The van der Waals surface area contributed by atoms with Gasteiger partial charge in [0.15, 0.2) is 0 Å². The molecule has 1 atom stereocenters. The van der Waals surface area contributed by atoms with Crippen LogP contribution in [0.25, 0.3) is 0 Å².